The van der Waals surface area contributed by atoms with Crippen LogP contribution in [0.4, 0.5) is 4.39 Å². The lowest BCUT2D eigenvalue weighted by Crippen LogP contribution is -2.29. The highest BCUT2D eigenvalue weighted by Crippen LogP contribution is 2.25. The third-order valence-corrected chi connectivity index (χ3v) is 3.93. The van der Waals surface area contributed by atoms with E-state index < -0.39 is 11.9 Å². The predicted octanol–water partition coefficient (Wildman–Crippen LogP) is 3.99. The molecule has 0 fully saturated rings. The van der Waals surface area contributed by atoms with Gasteiger partial charge in [0.25, 0.3) is 5.91 Å². The van der Waals surface area contributed by atoms with E-state index in [1.54, 1.807) is 24.3 Å². The molecule has 1 N–H and O–H groups in total. The summed E-state index contributed by atoms with van der Waals surface area (Å²) in [5.74, 6) is -0.186. The van der Waals surface area contributed by atoms with Gasteiger partial charge < -0.3 is 14.2 Å². The van der Waals surface area contributed by atoms with Crippen molar-refractivity contribution in [3.8, 4) is 11.5 Å². The molecular weight excluding hydrogens is 349 g/mol. The molecule has 4 aromatic rings. The van der Waals surface area contributed by atoms with Crippen LogP contribution in [0.3, 0.4) is 0 Å². The van der Waals surface area contributed by atoms with Crippen molar-refractivity contribution < 1.29 is 18.0 Å². The van der Waals surface area contributed by atoms with E-state index in [1.807, 2.05) is 30.3 Å². The van der Waals surface area contributed by atoms with Gasteiger partial charge in [-0.1, -0.05) is 30.3 Å². The van der Waals surface area contributed by atoms with Gasteiger partial charge in [0, 0.05) is 5.56 Å². The topological polar surface area (TPSA) is 81.2 Å². The van der Waals surface area contributed by atoms with Crippen molar-refractivity contribution in [1.29, 1.82) is 0 Å². The van der Waals surface area contributed by atoms with Crippen LogP contribution in [0.5, 0.6) is 0 Å². The van der Waals surface area contributed by atoms with Crippen LogP contribution in [-0.4, -0.2) is 16.1 Å². The molecule has 0 aliphatic carbocycles. The van der Waals surface area contributed by atoms with E-state index in [2.05, 4.69) is 15.5 Å². The first-order valence-electron chi connectivity index (χ1n) is 8.19. The fourth-order valence-corrected chi connectivity index (χ4v) is 2.60. The number of nitrogens with zero attached hydrogens (tertiary/aromatic N) is 2. The van der Waals surface area contributed by atoms with Crippen LogP contribution >= 0.6 is 0 Å². The SMILES string of the molecule is O=C(NC(c1ccc(F)cc1)c1nnc(-c2ccccc2)o1)c1ccco1. The number of amides is 1. The highest BCUT2D eigenvalue weighted by molar-refractivity contribution is 5.91. The van der Waals surface area contributed by atoms with Crippen molar-refractivity contribution in [2.24, 2.45) is 0 Å². The van der Waals surface area contributed by atoms with E-state index in [0.717, 1.165) is 5.56 Å². The lowest BCUT2D eigenvalue weighted by molar-refractivity contribution is 0.0910. The zero-order chi connectivity index (χ0) is 18.6. The molecule has 4 rings (SSSR count). The molecule has 0 radical (unpaired) electrons. The number of carbonyl (C=O) groups excluding carboxylic acids is 1. The third-order valence-electron chi connectivity index (χ3n) is 3.93. The largest absolute Gasteiger partial charge is 0.459 e. The highest BCUT2D eigenvalue weighted by Gasteiger charge is 2.25. The Morgan fingerprint density at radius 2 is 1.74 bits per heavy atom. The van der Waals surface area contributed by atoms with Crippen LogP contribution in [0.25, 0.3) is 11.5 Å². The number of furan rings is 1. The van der Waals surface area contributed by atoms with E-state index in [1.165, 1.54) is 18.4 Å². The number of halogens is 1. The number of nitrogens with one attached hydrogen (secondary N) is 1. The summed E-state index contributed by atoms with van der Waals surface area (Å²) in [6, 6.07) is 17.4. The first-order chi connectivity index (χ1) is 13.2. The van der Waals surface area contributed by atoms with E-state index in [9.17, 15) is 9.18 Å². The first-order valence-corrected chi connectivity index (χ1v) is 8.19. The zero-order valence-corrected chi connectivity index (χ0v) is 14.0. The molecule has 0 aliphatic rings. The molecule has 0 saturated carbocycles. The Morgan fingerprint density at radius 3 is 2.44 bits per heavy atom. The molecule has 6 nitrogen and oxygen atoms in total. The van der Waals surface area contributed by atoms with Gasteiger partial charge in [-0.2, -0.15) is 0 Å². The normalized spacial score (nSPS) is 11.9. The van der Waals surface area contributed by atoms with Crippen LogP contribution < -0.4 is 5.32 Å². The van der Waals surface area contributed by atoms with Gasteiger partial charge >= 0.3 is 0 Å². The van der Waals surface area contributed by atoms with Gasteiger partial charge in [0.1, 0.15) is 11.9 Å². The molecule has 134 valence electrons. The van der Waals surface area contributed by atoms with Crippen molar-refractivity contribution >= 4 is 5.91 Å². The molecule has 7 heteroatoms. The van der Waals surface area contributed by atoms with E-state index in [0.29, 0.717) is 11.5 Å². The molecule has 2 heterocycles. The average molecular weight is 363 g/mol. The summed E-state index contributed by atoms with van der Waals surface area (Å²) in [5.41, 5.74) is 1.35. The second kappa shape index (κ2) is 7.25. The monoisotopic (exact) mass is 363 g/mol. The number of carbonyl (C=O) groups is 1. The Bertz CT molecular complexity index is 1030. The predicted molar refractivity (Wildman–Crippen MR) is 94.2 cm³/mol. The molecule has 1 unspecified atom stereocenters. The number of benzene rings is 2. The van der Waals surface area contributed by atoms with Crippen LogP contribution in [0.15, 0.2) is 81.8 Å². The number of aromatic nitrogens is 2. The minimum absolute atomic E-state index is 0.143. The maximum atomic E-state index is 13.3. The molecule has 2 aromatic heterocycles. The first kappa shape index (κ1) is 16.7. The Balaban J connectivity index is 1.68. The third kappa shape index (κ3) is 3.62. The summed E-state index contributed by atoms with van der Waals surface area (Å²) in [6.07, 6.45) is 1.40. The van der Waals surface area contributed by atoms with E-state index in [-0.39, 0.29) is 17.5 Å². The molecule has 27 heavy (non-hydrogen) atoms. The minimum Gasteiger partial charge on any atom is -0.459 e. The van der Waals surface area contributed by atoms with Crippen molar-refractivity contribution in [2.45, 2.75) is 6.04 Å². The van der Waals surface area contributed by atoms with Gasteiger partial charge in [-0.25, -0.2) is 4.39 Å². The molecule has 1 atom stereocenters. The Labute approximate surface area is 153 Å². The summed E-state index contributed by atoms with van der Waals surface area (Å²) in [6.45, 7) is 0. The van der Waals surface area contributed by atoms with Crippen LogP contribution in [0.2, 0.25) is 0 Å². The second-order valence-corrected chi connectivity index (χ2v) is 5.75. The molecule has 0 aliphatic heterocycles. The Kier molecular flexibility index (Phi) is 4.49. The summed E-state index contributed by atoms with van der Waals surface area (Å²) < 4.78 is 24.2. The van der Waals surface area contributed by atoms with Gasteiger partial charge in [0.15, 0.2) is 5.76 Å². The Hall–Kier alpha value is -3.74. The van der Waals surface area contributed by atoms with Gasteiger partial charge in [0.05, 0.1) is 6.26 Å². The van der Waals surface area contributed by atoms with Crippen LogP contribution in [0.1, 0.15) is 28.1 Å². The van der Waals surface area contributed by atoms with Crippen LogP contribution in [0, 0.1) is 5.82 Å². The lowest BCUT2D eigenvalue weighted by Gasteiger charge is -2.15. The molecule has 0 bridgehead atoms. The van der Waals surface area contributed by atoms with Crippen molar-refractivity contribution in [3.63, 3.8) is 0 Å². The van der Waals surface area contributed by atoms with Crippen molar-refractivity contribution in [3.05, 3.63) is 96.0 Å². The highest BCUT2D eigenvalue weighted by atomic mass is 19.1. The standard InChI is InChI=1S/C20H14FN3O3/c21-15-10-8-13(9-11-15)17(22-18(25)16-7-4-12-26-16)20-24-23-19(27-20)14-5-2-1-3-6-14/h1-12,17H,(H,22,25). The molecule has 0 spiro atoms. The minimum atomic E-state index is -0.756. The number of rotatable bonds is 5. The fraction of sp³-hybridized carbons (Fsp3) is 0.0500. The number of hydrogen-bond donors (Lipinski definition) is 1. The van der Waals surface area contributed by atoms with Crippen LogP contribution in [-0.2, 0) is 0 Å². The molecule has 1 amide bonds. The van der Waals surface area contributed by atoms with Gasteiger partial charge in [0.2, 0.25) is 11.8 Å². The van der Waals surface area contributed by atoms with E-state index >= 15 is 0 Å². The van der Waals surface area contributed by atoms with Crippen molar-refractivity contribution in [1.82, 2.24) is 15.5 Å². The summed E-state index contributed by atoms with van der Waals surface area (Å²) in [4.78, 5) is 12.4. The molecular formula is C20H14FN3O3. The van der Waals surface area contributed by atoms with Crippen molar-refractivity contribution in [2.75, 3.05) is 0 Å². The molecule has 2 aromatic carbocycles. The second-order valence-electron chi connectivity index (χ2n) is 5.75. The summed E-state index contributed by atoms with van der Waals surface area (Å²) in [5, 5.41) is 10.9. The van der Waals surface area contributed by atoms with E-state index in [4.69, 9.17) is 8.83 Å². The average Bonchev–Trinajstić information content (AvgIpc) is 3.40. The Morgan fingerprint density at radius 1 is 0.963 bits per heavy atom. The lowest BCUT2D eigenvalue weighted by atomic mass is 10.1. The fourth-order valence-electron chi connectivity index (χ4n) is 2.60. The maximum Gasteiger partial charge on any atom is 0.287 e. The zero-order valence-electron chi connectivity index (χ0n) is 14.0. The summed E-state index contributed by atoms with van der Waals surface area (Å²) >= 11 is 0. The quantitative estimate of drug-likeness (QED) is 0.580. The smallest absolute Gasteiger partial charge is 0.287 e. The molecule has 0 saturated heterocycles. The number of hydrogen-bond acceptors (Lipinski definition) is 5. The summed E-state index contributed by atoms with van der Waals surface area (Å²) in [7, 11) is 0. The van der Waals surface area contributed by atoms with Gasteiger partial charge in [-0.15, -0.1) is 10.2 Å². The van der Waals surface area contributed by atoms with Gasteiger partial charge in [-0.05, 0) is 42.0 Å². The maximum absolute atomic E-state index is 13.3. The van der Waals surface area contributed by atoms with Gasteiger partial charge in [-0.3, -0.25) is 4.79 Å².